The highest BCUT2D eigenvalue weighted by molar-refractivity contribution is 7.90. The minimum absolute atomic E-state index is 0.0000231. The molecule has 0 bridgehead atoms. The summed E-state index contributed by atoms with van der Waals surface area (Å²) in [6.45, 7) is 2.15. The number of carbonyl (C=O) groups excluding carboxylic acids is 1. The van der Waals surface area contributed by atoms with Crippen molar-refractivity contribution in [3.05, 3.63) is 0 Å². The van der Waals surface area contributed by atoms with Gasteiger partial charge in [0.25, 0.3) is 0 Å². The molecule has 0 aromatic rings. The van der Waals surface area contributed by atoms with Crippen molar-refractivity contribution in [2.75, 3.05) is 12.0 Å². The second-order valence-electron chi connectivity index (χ2n) is 5.01. The first-order valence-electron chi connectivity index (χ1n) is 6.12. The molecule has 0 spiro atoms. The van der Waals surface area contributed by atoms with Crippen LogP contribution in [0.2, 0.25) is 0 Å². The van der Waals surface area contributed by atoms with Gasteiger partial charge in [-0.25, -0.2) is 8.42 Å². The van der Waals surface area contributed by atoms with Crippen molar-refractivity contribution in [3.63, 3.8) is 0 Å². The van der Waals surface area contributed by atoms with Gasteiger partial charge in [-0.2, -0.15) is 0 Å². The Bertz CT molecular complexity index is 332. The van der Waals surface area contributed by atoms with Gasteiger partial charge in [0.1, 0.15) is 15.6 Å². The number of ketones is 1. The second kappa shape index (κ2) is 5.80. The molecule has 1 saturated carbocycles. The first-order chi connectivity index (χ1) is 7.42. The molecule has 16 heavy (non-hydrogen) atoms. The Hall–Kier alpha value is -0.380. The van der Waals surface area contributed by atoms with Gasteiger partial charge in [-0.15, -0.1) is 0 Å². The maximum absolute atomic E-state index is 11.7. The highest BCUT2D eigenvalue weighted by atomic mass is 32.2. The average molecular weight is 246 g/mol. The van der Waals surface area contributed by atoms with Gasteiger partial charge in [0.2, 0.25) is 0 Å². The van der Waals surface area contributed by atoms with Crippen LogP contribution in [0, 0.1) is 11.8 Å². The zero-order valence-corrected chi connectivity index (χ0v) is 11.1. The lowest BCUT2D eigenvalue weighted by Crippen LogP contribution is -2.26. The summed E-state index contributed by atoms with van der Waals surface area (Å²) >= 11 is 0. The molecule has 3 nitrogen and oxygen atoms in total. The summed E-state index contributed by atoms with van der Waals surface area (Å²) in [5.41, 5.74) is 0. The lowest BCUT2D eigenvalue weighted by atomic mass is 9.77. The molecule has 0 aliphatic heterocycles. The van der Waals surface area contributed by atoms with Crippen molar-refractivity contribution in [1.82, 2.24) is 0 Å². The van der Waals surface area contributed by atoms with E-state index >= 15 is 0 Å². The van der Waals surface area contributed by atoms with Crippen LogP contribution in [0.4, 0.5) is 0 Å². The zero-order chi connectivity index (χ0) is 12.2. The summed E-state index contributed by atoms with van der Waals surface area (Å²) in [5, 5.41) is 0. The first-order valence-corrected chi connectivity index (χ1v) is 8.19. The van der Waals surface area contributed by atoms with Crippen LogP contribution in [-0.2, 0) is 14.6 Å². The third-order valence-electron chi connectivity index (χ3n) is 3.41. The first kappa shape index (κ1) is 13.7. The van der Waals surface area contributed by atoms with E-state index in [-0.39, 0.29) is 17.5 Å². The SMILES string of the molecule is CCCC1CCC(=O)C(CCS(C)(=O)=O)C1. The molecule has 1 aliphatic carbocycles. The highest BCUT2D eigenvalue weighted by Crippen LogP contribution is 2.31. The van der Waals surface area contributed by atoms with E-state index in [0.717, 1.165) is 19.3 Å². The summed E-state index contributed by atoms with van der Waals surface area (Å²) in [7, 11) is -2.93. The van der Waals surface area contributed by atoms with E-state index in [9.17, 15) is 13.2 Å². The molecule has 94 valence electrons. The molecule has 0 saturated heterocycles. The molecule has 0 heterocycles. The molecule has 1 rings (SSSR count). The Morgan fingerprint density at radius 2 is 2.00 bits per heavy atom. The molecular weight excluding hydrogens is 224 g/mol. The van der Waals surface area contributed by atoms with E-state index < -0.39 is 9.84 Å². The zero-order valence-electron chi connectivity index (χ0n) is 10.2. The van der Waals surface area contributed by atoms with Gasteiger partial charge in [-0.3, -0.25) is 4.79 Å². The standard InChI is InChI=1S/C12H22O3S/c1-3-4-10-5-6-12(13)11(9-10)7-8-16(2,14)15/h10-11H,3-9H2,1-2H3. The second-order valence-corrected chi connectivity index (χ2v) is 7.27. The van der Waals surface area contributed by atoms with Crippen LogP contribution in [0.25, 0.3) is 0 Å². The molecular formula is C12H22O3S. The number of rotatable bonds is 5. The highest BCUT2D eigenvalue weighted by Gasteiger charge is 2.28. The van der Waals surface area contributed by atoms with Crippen molar-refractivity contribution in [1.29, 1.82) is 0 Å². The molecule has 0 aromatic heterocycles. The Labute approximate surface area is 98.5 Å². The molecule has 1 aliphatic rings. The van der Waals surface area contributed by atoms with E-state index in [0.29, 0.717) is 18.8 Å². The Morgan fingerprint density at radius 1 is 1.31 bits per heavy atom. The van der Waals surface area contributed by atoms with E-state index in [1.807, 2.05) is 0 Å². The van der Waals surface area contributed by atoms with Crippen LogP contribution >= 0.6 is 0 Å². The van der Waals surface area contributed by atoms with E-state index in [2.05, 4.69) is 6.92 Å². The Kier molecular flexibility index (Phi) is 4.96. The lowest BCUT2D eigenvalue weighted by Gasteiger charge is -2.27. The summed E-state index contributed by atoms with van der Waals surface area (Å²) in [5.74, 6) is 1.06. The minimum Gasteiger partial charge on any atom is -0.299 e. The van der Waals surface area contributed by atoms with Crippen molar-refractivity contribution in [2.45, 2.75) is 45.4 Å². The maximum atomic E-state index is 11.7. The van der Waals surface area contributed by atoms with Gasteiger partial charge >= 0.3 is 0 Å². The Morgan fingerprint density at radius 3 is 2.56 bits per heavy atom. The van der Waals surface area contributed by atoms with Gasteiger partial charge in [0, 0.05) is 18.6 Å². The van der Waals surface area contributed by atoms with Gasteiger partial charge in [-0.1, -0.05) is 19.8 Å². The summed E-state index contributed by atoms with van der Waals surface area (Å²) in [4.78, 5) is 11.7. The smallest absolute Gasteiger partial charge is 0.147 e. The number of sulfone groups is 1. The lowest BCUT2D eigenvalue weighted by molar-refractivity contribution is -0.125. The largest absolute Gasteiger partial charge is 0.299 e. The molecule has 0 radical (unpaired) electrons. The van der Waals surface area contributed by atoms with Crippen LogP contribution in [0.1, 0.15) is 45.4 Å². The van der Waals surface area contributed by atoms with Gasteiger partial charge < -0.3 is 0 Å². The average Bonchev–Trinajstić information content (AvgIpc) is 2.18. The molecule has 0 N–H and O–H groups in total. The normalized spacial score (nSPS) is 27.0. The predicted molar refractivity (Wildman–Crippen MR) is 65.1 cm³/mol. The van der Waals surface area contributed by atoms with Crippen molar-refractivity contribution >= 4 is 15.6 Å². The molecule has 2 atom stereocenters. The van der Waals surface area contributed by atoms with Crippen molar-refractivity contribution < 1.29 is 13.2 Å². The fraction of sp³-hybridized carbons (Fsp3) is 0.917. The summed E-state index contributed by atoms with van der Waals surface area (Å²) in [6.07, 6.45) is 6.64. The molecule has 0 aromatic carbocycles. The van der Waals surface area contributed by atoms with Crippen LogP contribution in [0.3, 0.4) is 0 Å². The van der Waals surface area contributed by atoms with Crippen LogP contribution < -0.4 is 0 Å². The third kappa shape index (κ3) is 4.64. The van der Waals surface area contributed by atoms with Crippen molar-refractivity contribution in [3.8, 4) is 0 Å². The maximum Gasteiger partial charge on any atom is 0.147 e. The third-order valence-corrected chi connectivity index (χ3v) is 4.38. The fourth-order valence-electron chi connectivity index (χ4n) is 2.51. The van der Waals surface area contributed by atoms with E-state index in [1.165, 1.54) is 12.7 Å². The molecule has 0 amide bonds. The van der Waals surface area contributed by atoms with E-state index in [1.54, 1.807) is 0 Å². The van der Waals surface area contributed by atoms with Gasteiger partial charge in [0.15, 0.2) is 0 Å². The number of Topliss-reactive ketones (excluding diaryl/α,β-unsaturated/α-hetero) is 1. The summed E-state index contributed by atoms with van der Waals surface area (Å²) in [6, 6.07) is 0. The number of carbonyl (C=O) groups is 1. The molecule has 4 heteroatoms. The predicted octanol–water partition coefficient (Wildman–Crippen LogP) is 2.21. The minimum atomic E-state index is -2.93. The molecule has 1 fully saturated rings. The van der Waals surface area contributed by atoms with Crippen LogP contribution in [-0.4, -0.2) is 26.2 Å². The van der Waals surface area contributed by atoms with Gasteiger partial charge in [0.05, 0.1) is 5.75 Å². The van der Waals surface area contributed by atoms with E-state index in [4.69, 9.17) is 0 Å². The van der Waals surface area contributed by atoms with Gasteiger partial charge in [-0.05, 0) is 25.2 Å². The Balaban J connectivity index is 2.47. The van der Waals surface area contributed by atoms with Crippen LogP contribution in [0.15, 0.2) is 0 Å². The monoisotopic (exact) mass is 246 g/mol. The number of hydrogen-bond donors (Lipinski definition) is 0. The topological polar surface area (TPSA) is 51.2 Å². The fourth-order valence-corrected chi connectivity index (χ4v) is 3.22. The van der Waals surface area contributed by atoms with Crippen molar-refractivity contribution in [2.24, 2.45) is 11.8 Å². The quantitative estimate of drug-likeness (QED) is 0.747. The molecule has 2 unspecified atom stereocenters. The summed E-state index contributed by atoms with van der Waals surface area (Å²) < 4.78 is 22.2. The number of hydrogen-bond acceptors (Lipinski definition) is 3. The van der Waals surface area contributed by atoms with Crippen LogP contribution in [0.5, 0.6) is 0 Å².